The van der Waals surface area contributed by atoms with Gasteiger partial charge in [-0.25, -0.2) is 0 Å². The number of nitrogens with zero attached hydrogens (tertiary/aromatic N) is 1. The largest absolute Gasteiger partial charge is 0.405 e. The summed E-state index contributed by atoms with van der Waals surface area (Å²) in [6.45, 7) is 0.941. The minimum atomic E-state index is -4.19. The Morgan fingerprint density at radius 2 is 2.00 bits per heavy atom. The van der Waals surface area contributed by atoms with Gasteiger partial charge in [0.25, 0.3) is 0 Å². The fourth-order valence-electron chi connectivity index (χ4n) is 1.93. The zero-order chi connectivity index (χ0) is 12.6. The number of rotatable bonds is 3. The molecule has 0 aromatic heterocycles. The molecule has 2 N–H and O–H groups in total. The van der Waals surface area contributed by atoms with Crippen LogP contribution in [0.4, 0.5) is 24.5 Å². The third-order valence-corrected chi connectivity index (χ3v) is 2.83. The number of nitrogens with two attached hydrogens (primary N) is 1. The van der Waals surface area contributed by atoms with E-state index < -0.39 is 12.7 Å². The second-order valence-corrected chi connectivity index (χ2v) is 4.54. The second kappa shape index (κ2) is 4.13. The highest BCUT2D eigenvalue weighted by Crippen LogP contribution is 2.37. The van der Waals surface area contributed by atoms with Crippen LogP contribution in [0.3, 0.4) is 0 Å². The predicted molar refractivity (Wildman–Crippen MR) is 62.0 cm³/mol. The number of anilines is 2. The van der Waals surface area contributed by atoms with Crippen molar-refractivity contribution in [1.29, 1.82) is 0 Å². The zero-order valence-corrected chi connectivity index (χ0v) is 9.59. The van der Waals surface area contributed by atoms with E-state index in [9.17, 15) is 13.2 Å². The summed E-state index contributed by atoms with van der Waals surface area (Å²) in [5.74, 6) is 0. The van der Waals surface area contributed by atoms with Crippen molar-refractivity contribution in [3.8, 4) is 0 Å². The normalized spacial score (nSPS) is 16.0. The Balaban J connectivity index is 2.26. The van der Waals surface area contributed by atoms with Crippen molar-refractivity contribution >= 4 is 11.4 Å². The van der Waals surface area contributed by atoms with E-state index in [1.54, 1.807) is 18.2 Å². The first-order chi connectivity index (χ1) is 7.87. The molecule has 1 saturated carbocycles. The van der Waals surface area contributed by atoms with E-state index in [0.717, 1.165) is 18.4 Å². The quantitative estimate of drug-likeness (QED) is 0.828. The van der Waals surface area contributed by atoms with Crippen molar-refractivity contribution in [3.05, 3.63) is 23.8 Å². The molecule has 5 heteroatoms. The van der Waals surface area contributed by atoms with E-state index in [0.29, 0.717) is 11.4 Å². The third-order valence-electron chi connectivity index (χ3n) is 2.83. The average Bonchev–Trinajstić information content (AvgIpc) is 2.96. The maximum Gasteiger partial charge on any atom is 0.405 e. The number of alkyl halides is 3. The lowest BCUT2D eigenvalue weighted by molar-refractivity contribution is -0.119. The molecule has 0 atom stereocenters. The lowest BCUT2D eigenvalue weighted by atomic mass is 10.1. The predicted octanol–water partition coefficient (Wildman–Crippen LogP) is 3.11. The first-order valence-electron chi connectivity index (χ1n) is 5.56. The minimum Gasteiger partial charge on any atom is -0.397 e. The topological polar surface area (TPSA) is 29.3 Å². The van der Waals surface area contributed by atoms with Crippen LogP contribution < -0.4 is 10.6 Å². The van der Waals surface area contributed by atoms with Crippen molar-refractivity contribution < 1.29 is 13.2 Å². The molecule has 0 unspecified atom stereocenters. The van der Waals surface area contributed by atoms with Gasteiger partial charge in [-0.2, -0.15) is 13.2 Å². The van der Waals surface area contributed by atoms with Crippen LogP contribution in [-0.2, 0) is 0 Å². The molecule has 1 fully saturated rings. The van der Waals surface area contributed by atoms with Gasteiger partial charge in [-0.15, -0.1) is 0 Å². The molecule has 0 aliphatic heterocycles. The van der Waals surface area contributed by atoms with Gasteiger partial charge in [0.2, 0.25) is 0 Å². The molecule has 1 aromatic rings. The summed E-state index contributed by atoms with van der Waals surface area (Å²) in [6, 6.07) is 5.16. The first kappa shape index (κ1) is 12.1. The molecule has 2 rings (SSSR count). The number of nitrogen functional groups attached to an aromatic ring is 1. The Bertz CT molecular complexity index is 411. The number of hydrogen-bond donors (Lipinski definition) is 1. The fourth-order valence-corrected chi connectivity index (χ4v) is 1.93. The highest BCUT2D eigenvalue weighted by Gasteiger charge is 2.38. The summed E-state index contributed by atoms with van der Waals surface area (Å²) < 4.78 is 37.5. The van der Waals surface area contributed by atoms with E-state index in [4.69, 9.17) is 5.73 Å². The zero-order valence-electron chi connectivity index (χ0n) is 9.59. The third kappa shape index (κ3) is 3.05. The monoisotopic (exact) mass is 244 g/mol. The summed E-state index contributed by atoms with van der Waals surface area (Å²) in [5, 5.41) is 0. The lowest BCUT2D eigenvalue weighted by Crippen LogP contribution is -2.36. The Labute approximate surface area is 98.2 Å². The Kier molecular flexibility index (Phi) is 2.93. The molecule has 0 amide bonds. The van der Waals surface area contributed by atoms with Crippen molar-refractivity contribution in [2.75, 3.05) is 17.2 Å². The van der Waals surface area contributed by atoms with Gasteiger partial charge in [-0.1, -0.05) is 6.07 Å². The smallest absolute Gasteiger partial charge is 0.397 e. The maximum absolute atomic E-state index is 12.5. The van der Waals surface area contributed by atoms with Crippen molar-refractivity contribution in [2.45, 2.75) is 32.0 Å². The minimum absolute atomic E-state index is 0.0124. The first-order valence-corrected chi connectivity index (χ1v) is 5.56. The SMILES string of the molecule is Cc1ccc(N(CC(F)(F)F)C2CC2)c(N)c1. The van der Waals surface area contributed by atoms with Gasteiger partial charge < -0.3 is 10.6 Å². The van der Waals surface area contributed by atoms with Gasteiger partial charge in [-0.3, -0.25) is 0 Å². The van der Waals surface area contributed by atoms with Gasteiger partial charge in [0.1, 0.15) is 6.54 Å². The average molecular weight is 244 g/mol. The molecule has 94 valence electrons. The summed E-state index contributed by atoms with van der Waals surface area (Å²) in [5.41, 5.74) is 7.66. The Morgan fingerprint density at radius 1 is 1.35 bits per heavy atom. The molecular weight excluding hydrogens is 229 g/mol. The summed E-state index contributed by atoms with van der Waals surface area (Å²) in [7, 11) is 0. The summed E-state index contributed by atoms with van der Waals surface area (Å²) in [6.07, 6.45) is -2.58. The Morgan fingerprint density at radius 3 is 2.47 bits per heavy atom. The molecule has 0 spiro atoms. The summed E-state index contributed by atoms with van der Waals surface area (Å²) in [4.78, 5) is 1.37. The highest BCUT2D eigenvalue weighted by atomic mass is 19.4. The molecule has 0 saturated heterocycles. The molecule has 0 bridgehead atoms. The molecule has 17 heavy (non-hydrogen) atoms. The van der Waals surface area contributed by atoms with Crippen LogP contribution in [-0.4, -0.2) is 18.8 Å². The molecule has 0 heterocycles. The van der Waals surface area contributed by atoms with Crippen LogP contribution in [0, 0.1) is 6.92 Å². The fraction of sp³-hybridized carbons (Fsp3) is 0.500. The van der Waals surface area contributed by atoms with E-state index >= 15 is 0 Å². The van der Waals surface area contributed by atoms with Crippen molar-refractivity contribution in [2.24, 2.45) is 0 Å². The lowest BCUT2D eigenvalue weighted by Gasteiger charge is -2.27. The van der Waals surface area contributed by atoms with Crippen LogP contribution in [0.25, 0.3) is 0 Å². The van der Waals surface area contributed by atoms with Crippen molar-refractivity contribution in [1.82, 2.24) is 0 Å². The number of halogens is 3. The van der Waals surface area contributed by atoms with E-state index in [1.165, 1.54) is 4.90 Å². The molecule has 2 nitrogen and oxygen atoms in total. The second-order valence-electron chi connectivity index (χ2n) is 4.54. The van der Waals surface area contributed by atoms with Crippen LogP contribution in [0.5, 0.6) is 0 Å². The molecule has 1 aliphatic carbocycles. The highest BCUT2D eigenvalue weighted by molar-refractivity contribution is 5.69. The number of aryl methyl sites for hydroxylation is 1. The maximum atomic E-state index is 12.5. The molecule has 1 aromatic carbocycles. The van der Waals surface area contributed by atoms with Crippen LogP contribution in [0.1, 0.15) is 18.4 Å². The summed E-state index contributed by atoms with van der Waals surface area (Å²) >= 11 is 0. The van der Waals surface area contributed by atoms with Crippen LogP contribution in [0.2, 0.25) is 0 Å². The van der Waals surface area contributed by atoms with E-state index in [2.05, 4.69) is 0 Å². The van der Waals surface area contributed by atoms with E-state index in [-0.39, 0.29) is 6.04 Å². The van der Waals surface area contributed by atoms with Gasteiger partial charge in [0.15, 0.2) is 0 Å². The van der Waals surface area contributed by atoms with Gasteiger partial charge in [0.05, 0.1) is 11.4 Å². The Hall–Kier alpha value is -1.39. The van der Waals surface area contributed by atoms with E-state index in [1.807, 2.05) is 6.92 Å². The number of hydrogen-bond acceptors (Lipinski definition) is 2. The van der Waals surface area contributed by atoms with Gasteiger partial charge in [0, 0.05) is 6.04 Å². The van der Waals surface area contributed by atoms with Crippen LogP contribution in [0.15, 0.2) is 18.2 Å². The van der Waals surface area contributed by atoms with Crippen molar-refractivity contribution in [3.63, 3.8) is 0 Å². The van der Waals surface area contributed by atoms with Gasteiger partial charge in [-0.05, 0) is 37.5 Å². The molecular formula is C12H15F3N2. The van der Waals surface area contributed by atoms with Crippen LogP contribution >= 0.6 is 0 Å². The molecule has 1 aliphatic rings. The number of benzene rings is 1. The standard InChI is InChI=1S/C12H15F3N2/c1-8-2-5-11(10(16)6-8)17(9-3-4-9)7-12(13,14)15/h2,5-6,9H,3-4,7,16H2,1H3. The van der Waals surface area contributed by atoms with Gasteiger partial charge >= 0.3 is 6.18 Å². The molecule has 0 radical (unpaired) electrons.